The molecule has 4 aromatic rings. The summed E-state index contributed by atoms with van der Waals surface area (Å²) in [4.78, 5) is 6.49. The molecule has 31 heavy (non-hydrogen) atoms. The molecule has 1 aromatic carbocycles. The van der Waals surface area contributed by atoms with E-state index in [0.29, 0.717) is 18.3 Å². The third kappa shape index (κ3) is 3.31. The fourth-order valence-corrected chi connectivity index (χ4v) is 4.24. The predicted molar refractivity (Wildman–Crippen MR) is 114 cm³/mol. The molecule has 0 atom stereocenters. The van der Waals surface area contributed by atoms with Crippen molar-refractivity contribution in [3.05, 3.63) is 59.9 Å². The van der Waals surface area contributed by atoms with Crippen molar-refractivity contribution >= 4 is 16.9 Å². The SMILES string of the molecule is COCc1nnc(N2CC(n3c(C)cc4cc(F)ccc43)C2)n1-c1ccc(OC)nc1. The van der Waals surface area contributed by atoms with Crippen LogP contribution in [0.3, 0.4) is 0 Å². The van der Waals surface area contributed by atoms with E-state index in [9.17, 15) is 4.39 Å². The van der Waals surface area contributed by atoms with Crippen LogP contribution in [-0.4, -0.2) is 51.6 Å². The number of aromatic nitrogens is 5. The second kappa shape index (κ2) is 7.66. The Labute approximate surface area is 178 Å². The monoisotopic (exact) mass is 422 g/mol. The number of ether oxygens (including phenoxy) is 2. The van der Waals surface area contributed by atoms with Crippen LogP contribution in [-0.2, 0) is 11.3 Å². The lowest BCUT2D eigenvalue weighted by Crippen LogP contribution is -2.49. The first-order valence-corrected chi connectivity index (χ1v) is 10.0. The molecular formula is C22H23FN6O2. The second-order valence-electron chi connectivity index (χ2n) is 7.66. The van der Waals surface area contributed by atoms with Crippen molar-refractivity contribution < 1.29 is 13.9 Å². The van der Waals surface area contributed by atoms with Crippen LogP contribution in [0.4, 0.5) is 10.3 Å². The van der Waals surface area contributed by atoms with Crippen molar-refractivity contribution in [3.63, 3.8) is 0 Å². The number of hydrogen-bond donors (Lipinski definition) is 0. The Morgan fingerprint density at radius 2 is 1.94 bits per heavy atom. The van der Waals surface area contributed by atoms with Crippen LogP contribution < -0.4 is 9.64 Å². The summed E-state index contributed by atoms with van der Waals surface area (Å²) < 4.78 is 28.3. The molecule has 3 aromatic heterocycles. The van der Waals surface area contributed by atoms with Crippen LogP contribution in [0.2, 0.25) is 0 Å². The van der Waals surface area contributed by atoms with E-state index in [2.05, 4.69) is 31.6 Å². The van der Waals surface area contributed by atoms with Gasteiger partial charge in [-0.15, -0.1) is 10.2 Å². The molecule has 4 heterocycles. The minimum absolute atomic E-state index is 0.216. The lowest BCUT2D eigenvalue weighted by molar-refractivity contribution is 0.176. The fourth-order valence-electron chi connectivity index (χ4n) is 4.24. The largest absolute Gasteiger partial charge is 0.481 e. The Morgan fingerprint density at radius 1 is 1.10 bits per heavy atom. The summed E-state index contributed by atoms with van der Waals surface area (Å²) in [7, 11) is 3.22. The number of halogens is 1. The minimum Gasteiger partial charge on any atom is -0.481 e. The van der Waals surface area contributed by atoms with E-state index < -0.39 is 0 Å². The van der Waals surface area contributed by atoms with Gasteiger partial charge in [-0.05, 0) is 37.3 Å². The quantitative estimate of drug-likeness (QED) is 0.475. The van der Waals surface area contributed by atoms with Gasteiger partial charge in [-0.2, -0.15) is 0 Å². The molecule has 1 saturated heterocycles. The van der Waals surface area contributed by atoms with Gasteiger partial charge in [0, 0.05) is 42.9 Å². The van der Waals surface area contributed by atoms with E-state index in [1.807, 2.05) is 28.8 Å². The first-order valence-electron chi connectivity index (χ1n) is 10.0. The van der Waals surface area contributed by atoms with Crippen LogP contribution in [0, 0.1) is 12.7 Å². The van der Waals surface area contributed by atoms with Crippen LogP contribution in [0.1, 0.15) is 17.6 Å². The van der Waals surface area contributed by atoms with Gasteiger partial charge in [0.05, 0.1) is 25.0 Å². The highest BCUT2D eigenvalue weighted by Crippen LogP contribution is 2.33. The summed E-state index contributed by atoms with van der Waals surface area (Å²) in [6, 6.07) is 11.0. The molecule has 1 aliphatic heterocycles. The van der Waals surface area contributed by atoms with Gasteiger partial charge >= 0.3 is 0 Å². The fraction of sp³-hybridized carbons (Fsp3) is 0.318. The summed E-state index contributed by atoms with van der Waals surface area (Å²) in [5.74, 6) is 1.77. The number of pyridine rings is 1. The predicted octanol–water partition coefficient (Wildman–Crippen LogP) is 3.28. The summed E-state index contributed by atoms with van der Waals surface area (Å²) >= 11 is 0. The average Bonchev–Trinajstić information content (AvgIpc) is 3.28. The zero-order valence-electron chi connectivity index (χ0n) is 17.6. The van der Waals surface area contributed by atoms with Crippen LogP contribution >= 0.6 is 0 Å². The summed E-state index contributed by atoms with van der Waals surface area (Å²) in [5.41, 5.74) is 3.00. The maximum Gasteiger partial charge on any atom is 0.232 e. The van der Waals surface area contributed by atoms with E-state index in [-0.39, 0.29) is 11.9 Å². The Balaban J connectivity index is 1.44. The molecule has 0 aliphatic carbocycles. The highest BCUT2D eigenvalue weighted by atomic mass is 19.1. The van der Waals surface area contributed by atoms with Crippen molar-refractivity contribution in [2.24, 2.45) is 0 Å². The second-order valence-corrected chi connectivity index (χ2v) is 7.66. The zero-order valence-corrected chi connectivity index (χ0v) is 17.6. The van der Waals surface area contributed by atoms with Gasteiger partial charge in [0.2, 0.25) is 11.8 Å². The van der Waals surface area contributed by atoms with Crippen LogP contribution in [0.5, 0.6) is 5.88 Å². The van der Waals surface area contributed by atoms with Crippen molar-refractivity contribution in [1.29, 1.82) is 0 Å². The molecule has 0 radical (unpaired) electrons. The summed E-state index contributed by atoms with van der Waals surface area (Å²) in [5, 5.41) is 9.68. The Morgan fingerprint density at radius 3 is 2.65 bits per heavy atom. The van der Waals surface area contributed by atoms with Gasteiger partial charge in [-0.3, -0.25) is 4.57 Å². The molecule has 160 valence electrons. The normalized spacial score (nSPS) is 14.3. The topological polar surface area (TPSA) is 70.2 Å². The number of aryl methyl sites for hydroxylation is 1. The molecule has 0 amide bonds. The van der Waals surface area contributed by atoms with E-state index in [0.717, 1.165) is 41.3 Å². The molecule has 0 bridgehead atoms. The number of rotatable bonds is 6. The van der Waals surface area contributed by atoms with Crippen molar-refractivity contribution in [2.45, 2.75) is 19.6 Å². The Kier molecular flexibility index (Phi) is 4.82. The zero-order chi connectivity index (χ0) is 21.5. The Hall–Kier alpha value is -3.46. The molecule has 0 saturated carbocycles. The van der Waals surface area contributed by atoms with Crippen molar-refractivity contribution in [1.82, 2.24) is 24.3 Å². The van der Waals surface area contributed by atoms with Crippen LogP contribution in [0.25, 0.3) is 16.6 Å². The van der Waals surface area contributed by atoms with Gasteiger partial charge < -0.3 is 18.9 Å². The number of hydrogen-bond acceptors (Lipinski definition) is 6. The maximum atomic E-state index is 13.6. The number of benzene rings is 1. The number of nitrogens with zero attached hydrogens (tertiary/aromatic N) is 6. The number of fused-ring (bicyclic) bond motifs is 1. The van der Waals surface area contributed by atoms with Crippen molar-refractivity contribution in [3.8, 4) is 11.6 Å². The molecule has 1 fully saturated rings. The average molecular weight is 422 g/mol. The highest BCUT2D eigenvalue weighted by Gasteiger charge is 2.34. The van der Waals surface area contributed by atoms with Gasteiger partial charge in [0.15, 0.2) is 5.82 Å². The van der Waals surface area contributed by atoms with Gasteiger partial charge in [0.1, 0.15) is 12.4 Å². The van der Waals surface area contributed by atoms with E-state index in [1.165, 1.54) is 6.07 Å². The molecule has 1 aliphatic rings. The van der Waals surface area contributed by atoms with E-state index >= 15 is 0 Å². The number of anilines is 1. The molecule has 9 heteroatoms. The molecule has 8 nitrogen and oxygen atoms in total. The molecule has 0 N–H and O–H groups in total. The lowest BCUT2D eigenvalue weighted by Gasteiger charge is -2.41. The molecule has 5 rings (SSSR count). The summed E-state index contributed by atoms with van der Waals surface area (Å²) in [6.45, 7) is 3.94. The van der Waals surface area contributed by atoms with E-state index in [1.54, 1.807) is 26.5 Å². The molecule has 0 spiro atoms. The summed E-state index contributed by atoms with van der Waals surface area (Å²) in [6.07, 6.45) is 1.74. The van der Waals surface area contributed by atoms with Gasteiger partial charge in [-0.25, -0.2) is 9.37 Å². The third-order valence-corrected chi connectivity index (χ3v) is 5.68. The first kappa shape index (κ1) is 19.5. The van der Waals surface area contributed by atoms with Crippen LogP contribution in [0.15, 0.2) is 42.6 Å². The first-order chi connectivity index (χ1) is 15.1. The highest BCUT2D eigenvalue weighted by molar-refractivity contribution is 5.81. The Bertz CT molecular complexity index is 1230. The third-order valence-electron chi connectivity index (χ3n) is 5.68. The van der Waals surface area contributed by atoms with Gasteiger partial charge in [0.25, 0.3) is 0 Å². The molecular weight excluding hydrogens is 399 g/mol. The number of methoxy groups -OCH3 is 2. The van der Waals surface area contributed by atoms with E-state index in [4.69, 9.17) is 9.47 Å². The van der Waals surface area contributed by atoms with Gasteiger partial charge in [-0.1, -0.05) is 0 Å². The molecule has 0 unspecified atom stereocenters. The van der Waals surface area contributed by atoms with Crippen molar-refractivity contribution in [2.75, 3.05) is 32.2 Å². The lowest BCUT2D eigenvalue weighted by atomic mass is 10.1. The smallest absolute Gasteiger partial charge is 0.232 e. The maximum absolute atomic E-state index is 13.6. The minimum atomic E-state index is -0.216. The standard InChI is InChI=1S/C22H23FN6O2/c1-14-8-15-9-16(23)4-6-19(15)28(14)18-11-27(12-18)22-26-25-20(13-30-2)29(22)17-5-7-21(31-3)24-10-17/h4-10,18H,11-13H2,1-3H3.